The Hall–Kier alpha value is -3.26. The first-order valence-corrected chi connectivity index (χ1v) is 9.51. The van der Waals surface area contributed by atoms with E-state index >= 15 is 0 Å². The zero-order chi connectivity index (χ0) is 18.0. The lowest BCUT2D eigenvalue weighted by Gasteiger charge is -2.26. The fraction of sp³-hybridized carbons (Fsp3) is 0.0400. The molecule has 4 aromatic carbocycles. The van der Waals surface area contributed by atoms with Gasteiger partial charge in [0.05, 0.1) is 5.52 Å². The van der Waals surface area contributed by atoms with Crippen molar-refractivity contribution in [2.75, 3.05) is 0 Å². The van der Waals surface area contributed by atoms with Crippen LogP contribution in [0.25, 0.3) is 27.5 Å². The molecule has 0 bridgehead atoms. The number of rotatable bonds is 1. The Morgan fingerprint density at radius 1 is 0.667 bits per heavy atom. The van der Waals surface area contributed by atoms with Gasteiger partial charge >= 0.3 is 0 Å². The smallest absolute Gasteiger partial charge is 0.246 e. The van der Waals surface area contributed by atoms with Gasteiger partial charge in [-0.25, -0.2) is 0 Å². The quantitative estimate of drug-likeness (QED) is 0.399. The van der Waals surface area contributed by atoms with Gasteiger partial charge in [-0.05, 0) is 35.5 Å². The standard InChI is InChI=1S/C25H18BN/c1-17-9-7-16-23-24(17)19-12-8-14-21-25(19)27(23)22-15-6-5-13-20(22)26(21)18-10-3-2-4-11-18/h2-16H,1H3. The molecule has 0 aliphatic carbocycles. The minimum absolute atomic E-state index is 0.267. The molecule has 0 unspecified atom stereocenters. The molecule has 0 atom stereocenters. The lowest BCUT2D eigenvalue weighted by molar-refractivity contribution is 1.19. The summed E-state index contributed by atoms with van der Waals surface area (Å²) in [7, 11) is 0. The number of hydrogen-bond donors (Lipinski definition) is 0. The van der Waals surface area contributed by atoms with Crippen LogP contribution in [0.5, 0.6) is 0 Å². The summed E-state index contributed by atoms with van der Waals surface area (Å²) in [5, 5.41) is 2.73. The molecule has 126 valence electrons. The van der Waals surface area contributed by atoms with E-state index in [9.17, 15) is 0 Å². The minimum atomic E-state index is 0.267. The second-order valence-electron chi connectivity index (χ2n) is 7.45. The van der Waals surface area contributed by atoms with Crippen molar-refractivity contribution in [1.82, 2.24) is 4.57 Å². The number of fused-ring (bicyclic) bond motifs is 5. The monoisotopic (exact) mass is 343 g/mol. The fourth-order valence-corrected chi connectivity index (χ4v) is 4.91. The summed E-state index contributed by atoms with van der Waals surface area (Å²) in [4.78, 5) is 0. The molecule has 2 heteroatoms. The largest absolute Gasteiger partial charge is 0.310 e. The lowest BCUT2D eigenvalue weighted by atomic mass is 9.35. The van der Waals surface area contributed by atoms with Gasteiger partial charge in [0.2, 0.25) is 6.71 Å². The minimum Gasteiger partial charge on any atom is -0.310 e. The normalized spacial score (nSPS) is 12.6. The van der Waals surface area contributed by atoms with Crippen LogP contribution in [0.3, 0.4) is 0 Å². The third-order valence-electron chi connectivity index (χ3n) is 5.98. The molecule has 0 saturated heterocycles. The van der Waals surface area contributed by atoms with Crippen molar-refractivity contribution in [3.8, 4) is 5.69 Å². The topological polar surface area (TPSA) is 4.93 Å². The second kappa shape index (κ2) is 5.37. The van der Waals surface area contributed by atoms with Crippen molar-refractivity contribution in [1.29, 1.82) is 0 Å². The molecular weight excluding hydrogens is 325 g/mol. The van der Waals surface area contributed by atoms with Crippen molar-refractivity contribution in [2.45, 2.75) is 6.92 Å². The first-order valence-electron chi connectivity index (χ1n) is 9.51. The Balaban J connectivity index is 1.86. The maximum absolute atomic E-state index is 2.47. The zero-order valence-electron chi connectivity index (χ0n) is 15.2. The van der Waals surface area contributed by atoms with Crippen LogP contribution < -0.4 is 16.4 Å². The summed E-state index contributed by atoms with van der Waals surface area (Å²) >= 11 is 0. The highest BCUT2D eigenvalue weighted by Crippen LogP contribution is 2.34. The van der Waals surface area contributed by atoms with Crippen molar-refractivity contribution in [3.63, 3.8) is 0 Å². The maximum Gasteiger partial charge on any atom is 0.246 e. The molecule has 1 aliphatic heterocycles. The summed E-state index contributed by atoms with van der Waals surface area (Å²) in [5.41, 5.74) is 9.42. The average Bonchev–Trinajstić information content (AvgIpc) is 3.06. The molecule has 0 saturated carbocycles. The van der Waals surface area contributed by atoms with Gasteiger partial charge in [0.1, 0.15) is 0 Å². The number of aromatic nitrogens is 1. The van der Waals surface area contributed by atoms with Crippen molar-refractivity contribution >= 4 is 44.9 Å². The predicted octanol–water partition coefficient (Wildman–Crippen LogP) is 3.92. The van der Waals surface area contributed by atoms with E-state index in [0.29, 0.717) is 0 Å². The van der Waals surface area contributed by atoms with E-state index in [1.54, 1.807) is 0 Å². The van der Waals surface area contributed by atoms with Gasteiger partial charge in [-0.15, -0.1) is 0 Å². The van der Waals surface area contributed by atoms with Crippen LogP contribution in [0.4, 0.5) is 0 Å². The first kappa shape index (κ1) is 14.9. The average molecular weight is 343 g/mol. The molecule has 0 radical (unpaired) electrons. The number of nitrogens with zero attached hydrogens (tertiary/aromatic N) is 1. The summed E-state index contributed by atoms with van der Waals surface area (Å²) in [6, 6.07) is 33.2. The molecule has 1 aromatic heterocycles. The Morgan fingerprint density at radius 3 is 2.30 bits per heavy atom. The number of aryl methyl sites for hydroxylation is 1. The van der Waals surface area contributed by atoms with Gasteiger partial charge in [0, 0.05) is 22.0 Å². The van der Waals surface area contributed by atoms with Crippen LogP contribution in [0, 0.1) is 6.92 Å². The van der Waals surface area contributed by atoms with E-state index < -0.39 is 0 Å². The number of benzene rings is 4. The van der Waals surface area contributed by atoms with E-state index in [2.05, 4.69) is 102 Å². The highest BCUT2D eigenvalue weighted by Gasteiger charge is 2.32. The third kappa shape index (κ3) is 1.90. The van der Waals surface area contributed by atoms with Gasteiger partial charge in [-0.2, -0.15) is 0 Å². The Morgan fingerprint density at radius 2 is 1.41 bits per heavy atom. The Labute approximate surface area is 159 Å². The van der Waals surface area contributed by atoms with E-state index in [0.717, 1.165) is 0 Å². The lowest BCUT2D eigenvalue weighted by Crippen LogP contribution is -2.55. The van der Waals surface area contributed by atoms with Gasteiger partial charge in [-0.3, -0.25) is 0 Å². The molecular formula is C25H18BN. The maximum atomic E-state index is 2.47. The molecule has 0 amide bonds. The fourth-order valence-electron chi connectivity index (χ4n) is 4.91. The van der Waals surface area contributed by atoms with Crippen LogP contribution in [0.2, 0.25) is 0 Å². The molecule has 2 heterocycles. The van der Waals surface area contributed by atoms with Crippen molar-refractivity contribution in [3.05, 3.63) is 96.6 Å². The third-order valence-corrected chi connectivity index (χ3v) is 5.98. The molecule has 0 fully saturated rings. The van der Waals surface area contributed by atoms with Crippen molar-refractivity contribution in [2.24, 2.45) is 0 Å². The van der Waals surface area contributed by atoms with Gasteiger partial charge in [0.15, 0.2) is 0 Å². The number of para-hydroxylation sites is 2. The summed E-state index contributed by atoms with van der Waals surface area (Å²) in [6.45, 7) is 2.49. The van der Waals surface area contributed by atoms with Crippen molar-refractivity contribution < 1.29 is 0 Å². The van der Waals surface area contributed by atoms with E-state index in [-0.39, 0.29) is 6.71 Å². The molecule has 0 spiro atoms. The molecule has 5 aromatic rings. The zero-order valence-corrected chi connectivity index (χ0v) is 15.2. The molecule has 27 heavy (non-hydrogen) atoms. The summed E-state index contributed by atoms with van der Waals surface area (Å²) in [6.07, 6.45) is 0. The molecule has 0 N–H and O–H groups in total. The van der Waals surface area contributed by atoms with Crippen LogP contribution >= 0.6 is 0 Å². The van der Waals surface area contributed by atoms with Crippen LogP contribution in [0.15, 0.2) is 91.0 Å². The highest BCUT2D eigenvalue weighted by molar-refractivity contribution is 6.98. The molecule has 1 aliphatic rings. The highest BCUT2D eigenvalue weighted by atomic mass is 15.0. The SMILES string of the molecule is Cc1cccc2c1c1cccc3c1n2-c1ccccc1B3c1ccccc1. The summed E-state index contributed by atoms with van der Waals surface area (Å²) in [5.74, 6) is 0. The van der Waals surface area contributed by atoms with Gasteiger partial charge < -0.3 is 4.57 Å². The number of hydrogen-bond acceptors (Lipinski definition) is 0. The van der Waals surface area contributed by atoms with Gasteiger partial charge in [-0.1, -0.05) is 84.3 Å². The van der Waals surface area contributed by atoms with Crippen LogP contribution in [-0.4, -0.2) is 11.3 Å². The van der Waals surface area contributed by atoms with E-state index in [1.165, 1.54) is 49.4 Å². The predicted molar refractivity (Wildman–Crippen MR) is 117 cm³/mol. The van der Waals surface area contributed by atoms with E-state index in [1.807, 2.05) is 0 Å². The van der Waals surface area contributed by atoms with E-state index in [4.69, 9.17) is 0 Å². The first-order chi connectivity index (χ1) is 13.3. The van der Waals surface area contributed by atoms with Crippen LogP contribution in [-0.2, 0) is 0 Å². The Kier molecular flexibility index (Phi) is 2.96. The van der Waals surface area contributed by atoms with Crippen LogP contribution in [0.1, 0.15) is 5.56 Å². The summed E-state index contributed by atoms with van der Waals surface area (Å²) < 4.78 is 2.47. The van der Waals surface area contributed by atoms with Gasteiger partial charge in [0.25, 0.3) is 0 Å². The second-order valence-corrected chi connectivity index (χ2v) is 7.45. The Bertz CT molecular complexity index is 1330. The molecule has 1 nitrogen and oxygen atoms in total. The molecule has 6 rings (SSSR count).